The molecule has 3 rings (SSSR count). The first kappa shape index (κ1) is 22.9. The van der Waals surface area contributed by atoms with Gasteiger partial charge in [-0.05, 0) is 44.9 Å². The first-order valence-corrected chi connectivity index (χ1v) is 9.42. The summed E-state index contributed by atoms with van der Waals surface area (Å²) in [6.45, 7) is 5.22. The molecular formula is C20H27ClN4O4. The number of halogens is 1. The molecule has 0 bridgehead atoms. The summed E-state index contributed by atoms with van der Waals surface area (Å²) in [7, 11) is 0. The molecule has 2 aromatic rings. The van der Waals surface area contributed by atoms with Gasteiger partial charge in [-0.25, -0.2) is 9.48 Å². The van der Waals surface area contributed by atoms with Crippen LogP contribution in [0.2, 0.25) is 0 Å². The molecule has 0 spiro atoms. The van der Waals surface area contributed by atoms with Crippen molar-refractivity contribution in [2.24, 2.45) is 11.1 Å². The van der Waals surface area contributed by atoms with E-state index in [1.54, 1.807) is 18.5 Å². The summed E-state index contributed by atoms with van der Waals surface area (Å²) in [5.41, 5.74) is 7.78. The molecule has 1 aromatic heterocycles. The zero-order chi connectivity index (χ0) is 20.1. The van der Waals surface area contributed by atoms with Crippen molar-refractivity contribution in [1.82, 2.24) is 9.78 Å². The number of nitrogens with two attached hydrogens (primary N) is 1. The lowest BCUT2D eigenvalue weighted by molar-refractivity contribution is -0.130. The number of anilines is 1. The van der Waals surface area contributed by atoms with Crippen molar-refractivity contribution < 1.29 is 19.1 Å². The molecule has 0 unspecified atom stereocenters. The van der Waals surface area contributed by atoms with E-state index in [2.05, 4.69) is 10.4 Å². The molecule has 158 valence electrons. The molecule has 1 aliphatic rings. The molecule has 1 fully saturated rings. The summed E-state index contributed by atoms with van der Waals surface area (Å²) in [5.74, 6) is -0.500. The van der Waals surface area contributed by atoms with E-state index in [4.69, 9.17) is 15.2 Å². The summed E-state index contributed by atoms with van der Waals surface area (Å²) >= 11 is 0. The van der Waals surface area contributed by atoms with E-state index in [1.807, 2.05) is 24.3 Å². The van der Waals surface area contributed by atoms with Gasteiger partial charge in [-0.2, -0.15) is 5.10 Å². The molecule has 1 aromatic carbocycles. The highest BCUT2D eigenvalue weighted by atomic mass is 35.5. The van der Waals surface area contributed by atoms with Crippen molar-refractivity contribution in [3.05, 3.63) is 41.7 Å². The van der Waals surface area contributed by atoms with Crippen molar-refractivity contribution in [1.29, 1.82) is 0 Å². The van der Waals surface area contributed by atoms with Gasteiger partial charge in [-0.1, -0.05) is 6.07 Å². The van der Waals surface area contributed by atoms with Crippen molar-refractivity contribution in [3.63, 3.8) is 0 Å². The number of nitrogens with one attached hydrogen (secondary N) is 1. The second kappa shape index (κ2) is 9.87. The van der Waals surface area contributed by atoms with Gasteiger partial charge in [0.1, 0.15) is 5.56 Å². The number of benzene rings is 1. The predicted octanol–water partition coefficient (Wildman–Crippen LogP) is 2.47. The van der Waals surface area contributed by atoms with Crippen molar-refractivity contribution >= 4 is 30.0 Å². The largest absolute Gasteiger partial charge is 0.462 e. The van der Waals surface area contributed by atoms with Crippen LogP contribution < -0.4 is 11.1 Å². The molecule has 1 saturated heterocycles. The number of ether oxygens (including phenoxy) is 2. The Morgan fingerprint density at radius 3 is 2.72 bits per heavy atom. The maximum atomic E-state index is 12.9. The number of aromatic nitrogens is 2. The molecular weight excluding hydrogens is 396 g/mol. The van der Waals surface area contributed by atoms with Gasteiger partial charge >= 0.3 is 5.97 Å². The smallest absolute Gasteiger partial charge is 0.341 e. The highest BCUT2D eigenvalue weighted by molar-refractivity contribution is 5.96. The lowest BCUT2D eigenvalue weighted by Crippen LogP contribution is -2.46. The Hall–Kier alpha value is -2.42. The van der Waals surface area contributed by atoms with Crippen LogP contribution in [0.5, 0.6) is 0 Å². The lowest BCUT2D eigenvalue weighted by Gasteiger charge is -2.34. The molecule has 1 aliphatic heterocycles. The van der Waals surface area contributed by atoms with E-state index in [9.17, 15) is 9.59 Å². The summed E-state index contributed by atoms with van der Waals surface area (Å²) < 4.78 is 12.1. The summed E-state index contributed by atoms with van der Waals surface area (Å²) in [6.07, 6.45) is 2.70. The van der Waals surface area contributed by atoms with Gasteiger partial charge in [0.2, 0.25) is 5.91 Å². The Kier molecular flexibility index (Phi) is 7.78. The molecule has 0 atom stereocenters. The molecule has 0 radical (unpaired) electrons. The van der Waals surface area contributed by atoms with Crippen LogP contribution in [-0.4, -0.2) is 48.0 Å². The van der Waals surface area contributed by atoms with Crippen LogP contribution in [-0.2, 0) is 14.3 Å². The number of rotatable bonds is 6. The number of amides is 1. The normalized spacial score (nSPS) is 15.3. The standard InChI is InChI=1S/C20H26N4O4.ClH/c1-3-28-18(25)17-12-22-24(14(17)2)16-6-4-5-15(11-16)23-19(26)20(13-21)7-9-27-10-8-20;/h4-6,11-12H,3,7-10,13,21H2,1-2H3,(H,23,26);1H. The highest BCUT2D eigenvalue weighted by Gasteiger charge is 2.38. The SMILES string of the molecule is CCOC(=O)c1cnn(-c2cccc(NC(=O)C3(CN)CCOCC3)c2)c1C.Cl. The van der Waals surface area contributed by atoms with E-state index in [0.717, 1.165) is 5.69 Å². The average Bonchev–Trinajstić information content (AvgIpc) is 3.10. The van der Waals surface area contributed by atoms with Gasteiger partial charge in [0.15, 0.2) is 0 Å². The van der Waals surface area contributed by atoms with Gasteiger partial charge in [0.25, 0.3) is 0 Å². The second-order valence-electron chi connectivity index (χ2n) is 6.88. The Balaban J connectivity index is 0.00000300. The van der Waals surface area contributed by atoms with E-state index in [-0.39, 0.29) is 24.9 Å². The molecule has 29 heavy (non-hydrogen) atoms. The van der Waals surface area contributed by atoms with Crippen molar-refractivity contribution in [3.8, 4) is 5.69 Å². The Bertz CT molecular complexity index is 862. The number of hydrogen-bond donors (Lipinski definition) is 2. The Labute approximate surface area is 176 Å². The van der Waals surface area contributed by atoms with Crippen LogP contribution in [0.25, 0.3) is 5.69 Å². The van der Waals surface area contributed by atoms with Gasteiger partial charge in [0.05, 0.1) is 29.6 Å². The third-order valence-corrected chi connectivity index (χ3v) is 5.18. The zero-order valence-electron chi connectivity index (χ0n) is 16.6. The number of carbonyl (C=O) groups excluding carboxylic acids is 2. The first-order valence-electron chi connectivity index (χ1n) is 9.42. The minimum Gasteiger partial charge on any atom is -0.462 e. The Morgan fingerprint density at radius 1 is 1.34 bits per heavy atom. The number of nitrogens with zero attached hydrogens (tertiary/aromatic N) is 2. The fraction of sp³-hybridized carbons (Fsp3) is 0.450. The fourth-order valence-corrected chi connectivity index (χ4v) is 3.34. The molecule has 0 aliphatic carbocycles. The summed E-state index contributed by atoms with van der Waals surface area (Å²) in [5, 5.41) is 7.27. The minimum atomic E-state index is -0.604. The van der Waals surface area contributed by atoms with Gasteiger partial charge < -0.3 is 20.5 Å². The van der Waals surface area contributed by atoms with E-state index in [0.29, 0.717) is 49.6 Å². The second-order valence-corrected chi connectivity index (χ2v) is 6.88. The molecule has 3 N–H and O–H groups in total. The monoisotopic (exact) mass is 422 g/mol. The van der Waals surface area contributed by atoms with Gasteiger partial charge in [0, 0.05) is 25.4 Å². The zero-order valence-corrected chi connectivity index (χ0v) is 17.5. The van der Waals surface area contributed by atoms with Crippen LogP contribution in [0, 0.1) is 12.3 Å². The highest BCUT2D eigenvalue weighted by Crippen LogP contribution is 2.31. The minimum absolute atomic E-state index is 0. The fourth-order valence-electron chi connectivity index (χ4n) is 3.34. The van der Waals surface area contributed by atoms with E-state index >= 15 is 0 Å². The molecule has 0 saturated carbocycles. The molecule has 8 nitrogen and oxygen atoms in total. The molecule has 9 heteroatoms. The third-order valence-electron chi connectivity index (χ3n) is 5.18. The van der Waals surface area contributed by atoms with E-state index < -0.39 is 11.4 Å². The average molecular weight is 423 g/mol. The van der Waals surface area contributed by atoms with Gasteiger partial charge in [-0.15, -0.1) is 12.4 Å². The van der Waals surface area contributed by atoms with Gasteiger partial charge in [-0.3, -0.25) is 4.79 Å². The Morgan fingerprint density at radius 2 is 2.07 bits per heavy atom. The van der Waals surface area contributed by atoms with Crippen LogP contribution in [0.4, 0.5) is 5.69 Å². The van der Waals surface area contributed by atoms with Crippen LogP contribution in [0.1, 0.15) is 35.8 Å². The number of esters is 1. The quantitative estimate of drug-likeness (QED) is 0.692. The van der Waals surface area contributed by atoms with Crippen LogP contribution in [0.3, 0.4) is 0 Å². The molecule has 1 amide bonds. The third kappa shape index (κ3) is 4.77. The topological polar surface area (TPSA) is 108 Å². The van der Waals surface area contributed by atoms with Crippen LogP contribution in [0.15, 0.2) is 30.5 Å². The lowest BCUT2D eigenvalue weighted by atomic mass is 9.79. The number of carbonyl (C=O) groups is 2. The number of hydrogen-bond acceptors (Lipinski definition) is 6. The predicted molar refractivity (Wildman–Crippen MR) is 112 cm³/mol. The van der Waals surface area contributed by atoms with E-state index in [1.165, 1.54) is 6.20 Å². The maximum absolute atomic E-state index is 12.9. The molecule has 2 heterocycles. The van der Waals surface area contributed by atoms with Crippen LogP contribution >= 0.6 is 12.4 Å². The summed E-state index contributed by atoms with van der Waals surface area (Å²) in [6, 6.07) is 7.32. The first-order chi connectivity index (χ1) is 13.5. The summed E-state index contributed by atoms with van der Waals surface area (Å²) in [4.78, 5) is 24.9. The van der Waals surface area contributed by atoms with Crippen molar-refractivity contribution in [2.45, 2.75) is 26.7 Å². The maximum Gasteiger partial charge on any atom is 0.341 e. The van der Waals surface area contributed by atoms with Crippen molar-refractivity contribution in [2.75, 3.05) is 31.7 Å².